The minimum absolute atomic E-state index is 0.00123. The lowest BCUT2D eigenvalue weighted by molar-refractivity contribution is -0.149. The summed E-state index contributed by atoms with van der Waals surface area (Å²) in [6.07, 6.45) is 0.562. The number of Topliss-reactive ketones (excluding diaryl/α,β-unsaturated/α-hetero) is 1. The van der Waals surface area contributed by atoms with Gasteiger partial charge in [-0.3, -0.25) is 18.8 Å². The first-order valence-corrected chi connectivity index (χ1v) is 11.1. The number of anilines is 1. The molecule has 1 amide bonds. The summed E-state index contributed by atoms with van der Waals surface area (Å²) in [5, 5.41) is 17.9. The number of aromatic nitrogens is 4. The van der Waals surface area contributed by atoms with E-state index in [2.05, 4.69) is 20.2 Å². The molecule has 1 saturated heterocycles. The molecule has 0 spiro atoms. The van der Waals surface area contributed by atoms with Crippen LogP contribution in [0.15, 0.2) is 23.2 Å². The van der Waals surface area contributed by atoms with Gasteiger partial charge in [-0.2, -0.15) is 13.5 Å². The highest BCUT2D eigenvalue weighted by Crippen LogP contribution is 2.33. The molecule has 0 aromatic carbocycles. The van der Waals surface area contributed by atoms with Crippen LogP contribution >= 0.6 is 11.3 Å². The summed E-state index contributed by atoms with van der Waals surface area (Å²) >= 11 is 0.993. The van der Waals surface area contributed by atoms with E-state index in [0.29, 0.717) is 0 Å². The number of carbonyl (C=O) groups is 3. The number of hydrogen-bond donors (Lipinski definition) is 3. The van der Waals surface area contributed by atoms with Crippen molar-refractivity contribution in [2.24, 2.45) is 11.1 Å². The van der Waals surface area contributed by atoms with Gasteiger partial charge in [-0.15, -0.1) is 11.3 Å². The number of thiazole rings is 1. The van der Waals surface area contributed by atoms with E-state index in [0.717, 1.165) is 11.3 Å². The number of amides is 1. The van der Waals surface area contributed by atoms with Gasteiger partial charge in [0.05, 0.1) is 18.5 Å². The largest absolute Gasteiger partial charge is 0.478 e. The highest BCUT2D eigenvalue weighted by molar-refractivity contribution is 7.84. The van der Waals surface area contributed by atoms with Crippen molar-refractivity contribution in [2.45, 2.75) is 32.0 Å². The van der Waals surface area contributed by atoms with Gasteiger partial charge >= 0.3 is 16.3 Å². The molecule has 3 atom stereocenters. The van der Waals surface area contributed by atoms with E-state index in [-0.39, 0.29) is 27.4 Å². The standard InChI is InChI=1S/C15H17N7O8S2/c1-7(14(25)26)30-20-12(9-4-31-15(16)19-9)11(23)2-8-10(3-21-6-17-5-18-21)22(13(8)24)32(27,28)29/h4-8,10H,2-3H2,1H3,(H2,16,19)(H,25,26)(H,27,28,29)/b20-12-/t7-,8-,10+/m0/s1. The van der Waals surface area contributed by atoms with Gasteiger partial charge in [-0.25, -0.2) is 19.1 Å². The van der Waals surface area contributed by atoms with Crippen molar-refractivity contribution in [3.8, 4) is 0 Å². The molecule has 2 aromatic heterocycles. The Morgan fingerprint density at radius 3 is 2.69 bits per heavy atom. The monoisotopic (exact) mass is 487 g/mol. The molecule has 0 saturated carbocycles. The topological polar surface area (TPSA) is 220 Å². The first-order chi connectivity index (χ1) is 15.0. The second kappa shape index (κ2) is 8.97. The Morgan fingerprint density at radius 2 is 2.16 bits per heavy atom. The lowest BCUT2D eigenvalue weighted by atomic mass is 9.84. The predicted molar refractivity (Wildman–Crippen MR) is 107 cm³/mol. The number of nitrogens with zero attached hydrogens (tertiary/aromatic N) is 6. The van der Waals surface area contributed by atoms with E-state index in [1.165, 1.54) is 29.6 Å². The molecule has 15 nitrogen and oxygen atoms in total. The number of hydrogen-bond acceptors (Lipinski definition) is 12. The van der Waals surface area contributed by atoms with Crippen LogP contribution in [0.1, 0.15) is 19.0 Å². The van der Waals surface area contributed by atoms with Gasteiger partial charge in [0, 0.05) is 11.8 Å². The van der Waals surface area contributed by atoms with Crippen LogP contribution < -0.4 is 5.73 Å². The first-order valence-electron chi connectivity index (χ1n) is 8.83. The number of nitrogen functional groups attached to an aromatic ring is 1. The molecule has 0 unspecified atom stereocenters. The minimum atomic E-state index is -4.87. The first kappa shape index (κ1) is 23.2. The molecule has 0 bridgehead atoms. The maximum Gasteiger partial charge on any atom is 0.362 e. The Balaban J connectivity index is 1.85. The van der Waals surface area contributed by atoms with Crippen molar-refractivity contribution in [1.29, 1.82) is 0 Å². The van der Waals surface area contributed by atoms with Gasteiger partial charge in [-0.05, 0) is 6.92 Å². The number of ketones is 1. The second-order valence-electron chi connectivity index (χ2n) is 6.63. The molecule has 1 fully saturated rings. The number of carboxylic acid groups (broad SMARTS) is 1. The zero-order valence-electron chi connectivity index (χ0n) is 16.3. The number of carboxylic acids is 1. The quantitative estimate of drug-likeness (QED) is 0.156. The van der Waals surface area contributed by atoms with E-state index in [4.69, 9.17) is 15.7 Å². The van der Waals surface area contributed by atoms with Crippen LogP contribution in [-0.4, -0.2) is 77.6 Å². The van der Waals surface area contributed by atoms with Crippen LogP contribution in [0.4, 0.5) is 5.13 Å². The highest BCUT2D eigenvalue weighted by Gasteiger charge is 2.54. The van der Waals surface area contributed by atoms with Crippen molar-refractivity contribution >= 4 is 50.1 Å². The number of β-lactam (4-membered cyclic amide) rings is 1. The smallest absolute Gasteiger partial charge is 0.362 e. The van der Waals surface area contributed by atoms with Crippen LogP contribution in [0.5, 0.6) is 0 Å². The fourth-order valence-electron chi connectivity index (χ4n) is 2.91. The lowest BCUT2D eigenvalue weighted by Crippen LogP contribution is -2.64. The van der Waals surface area contributed by atoms with E-state index in [9.17, 15) is 27.4 Å². The van der Waals surface area contributed by atoms with Crippen LogP contribution in [-0.2, 0) is 36.1 Å². The van der Waals surface area contributed by atoms with Crippen LogP contribution in [0.25, 0.3) is 0 Å². The van der Waals surface area contributed by atoms with Crippen LogP contribution in [0.2, 0.25) is 0 Å². The number of aliphatic carboxylic acids is 1. The van der Waals surface area contributed by atoms with Gasteiger partial charge in [0.2, 0.25) is 12.0 Å². The molecule has 172 valence electrons. The van der Waals surface area contributed by atoms with Crippen molar-refractivity contribution in [3.05, 3.63) is 23.7 Å². The maximum absolute atomic E-state index is 12.9. The predicted octanol–water partition coefficient (Wildman–Crippen LogP) is -1.20. The van der Waals surface area contributed by atoms with Gasteiger partial charge in [0.15, 0.2) is 16.6 Å². The van der Waals surface area contributed by atoms with E-state index >= 15 is 0 Å². The van der Waals surface area contributed by atoms with E-state index < -0.39 is 52.4 Å². The van der Waals surface area contributed by atoms with Crippen LogP contribution in [0, 0.1) is 5.92 Å². The summed E-state index contributed by atoms with van der Waals surface area (Å²) in [4.78, 5) is 48.8. The Hall–Kier alpha value is -3.44. The fourth-order valence-corrected chi connectivity index (χ4v) is 4.38. The Bertz CT molecular complexity index is 1160. The molecule has 32 heavy (non-hydrogen) atoms. The van der Waals surface area contributed by atoms with Gasteiger partial charge in [-0.1, -0.05) is 5.16 Å². The summed E-state index contributed by atoms with van der Waals surface area (Å²) in [7, 11) is -4.87. The average Bonchev–Trinajstić information content (AvgIpc) is 3.36. The summed E-state index contributed by atoms with van der Waals surface area (Å²) in [5.41, 5.74) is 5.20. The normalized spacial score (nSPS) is 20.0. The lowest BCUT2D eigenvalue weighted by Gasteiger charge is -2.43. The molecular weight excluding hydrogens is 470 g/mol. The molecule has 0 aliphatic carbocycles. The Labute approximate surface area is 184 Å². The number of oxime groups is 1. The Kier molecular flexibility index (Phi) is 6.51. The molecule has 17 heteroatoms. The van der Waals surface area contributed by atoms with Gasteiger partial charge in [0.25, 0.3) is 0 Å². The average molecular weight is 487 g/mol. The third-order valence-corrected chi connectivity index (χ3v) is 6.09. The third kappa shape index (κ3) is 4.89. The van der Waals surface area contributed by atoms with Crippen molar-refractivity contribution in [1.82, 2.24) is 24.1 Å². The minimum Gasteiger partial charge on any atom is -0.478 e. The maximum atomic E-state index is 12.9. The molecule has 1 aliphatic rings. The fraction of sp³-hybridized carbons (Fsp3) is 0.400. The van der Waals surface area contributed by atoms with Gasteiger partial charge < -0.3 is 15.7 Å². The van der Waals surface area contributed by atoms with Gasteiger partial charge in [0.1, 0.15) is 18.3 Å². The van der Waals surface area contributed by atoms with Crippen molar-refractivity contribution < 1.29 is 37.3 Å². The van der Waals surface area contributed by atoms with E-state index in [1.54, 1.807) is 0 Å². The summed E-state index contributed by atoms with van der Waals surface area (Å²) in [5.74, 6) is -4.25. The van der Waals surface area contributed by atoms with Crippen molar-refractivity contribution in [2.75, 3.05) is 5.73 Å². The molecule has 3 heterocycles. The molecule has 4 N–H and O–H groups in total. The Morgan fingerprint density at radius 1 is 1.44 bits per heavy atom. The molecular formula is C15H17N7O8S2. The second-order valence-corrected chi connectivity index (χ2v) is 8.81. The molecule has 3 rings (SSSR count). The molecule has 2 aromatic rings. The summed E-state index contributed by atoms with van der Waals surface area (Å²) in [6.45, 7) is 1.03. The number of carbonyl (C=O) groups excluding carboxylic acids is 2. The van der Waals surface area contributed by atoms with Crippen molar-refractivity contribution in [3.63, 3.8) is 0 Å². The van der Waals surface area contributed by atoms with Crippen LogP contribution in [0.3, 0.4) is 0 Å². The zero-order chi connectivity index (χ0) is 23.6. The molecule has 0 radical (unpaired) electrons. The third-order valence-electron chi connectivity index (χ3n) is 4.47. The zero-order valence-corrected chi connectivity index (χ0v) is 17.9. The van der Waals surface area contributed by atoms with E-state index in [1.807, 2.05) is 0 Å². The SMILES string of the molecule is C[C@H](O/N=C(\C(=O)C[C@@H]1C(=O)N(S(=O)(=O)O)[C@@H]1Cn1cncn1)c1csc(N)n1)C(=O)O. The number of rotatable bonds is 10. The molecule has 1 aliphatic heterocycles. The summed E-state index contributed by atoms with van der Waals surface area (Å²) < 4.78 is 34.1. The number of nitrogens with two attached hydrogens (primary N) is 1. The summed E-state index contributed by atoms with van der Waals surface area (Å²) in [6, 6.07) is -1.12. The highest BCUT2D eigenvalue weighted by atomic mass is 32.2.